The van der Waals surface area contributed by atoms with Crippen LogP contribution < -0.4 is 5.32 Å². The fraction of sp³-hybridized carbons (Fsp3) is 0.474. The van der Waals surface area contributed by atoms with Crippen molar-refractivity contribution >= 4 is 42.1 Å². The SMILES string of the molecule is Cl.Cl.O=C(c1ccc(C2CCCN2)s1)N1CCC(c2ccncc2)CC1. The average Bonchev–Trinajstić information content (AvgIpc) is 3.33. The van der Waals surface area contributed by atoms with Crippen LogP contribution in [0.4, 0.5) is 0 Å². The quantitative estimate of drug-likeness (QED) is 0.808. The van der Waals surface area contributed by atoms with Crippen LogP contribution >= 0.6 is 36.2 Å². The summed E-state index contributed by atoms with van der Waals surface area (Å²) in [6, 6.07) is 8.79. The summed E-state index contributed by atoms with van der Waals surface area (Å²) in [5.74, 6) is 0.760. The molecule has 2 aliphatic heterocycles. The standard InChI is InChI=1S/C19H23N3OS.2ClH/c23-19(18-4-3-17(24-18)16-2-1-9-21-16)22-12-7-15(8-13-22)14-5-10-20-11-6-14;;/h3-6,10-11,15-16,21H,1-2,7-9,12-13H2;2*1H. The summed E-state index contributed by atoms with van der Waals surface area (Å²) in [5, 5.41) is 3.51. The summed E-state index contributed by atoms with van der Waals surface area (Å²) in [7, 11) is 0. The van der Waals surface area contributed by atoms with Crippen LogP contribution in [0.3, 0.4) is 0 Å². The Bertz CT molecular complexity index is 696. The molecular weight excluding hydrogens is 389 g/mol. The molecule has 2 aromatic rings. The first-order chi connectivity index (χ1) is 11.8. The van der Waals surface area contributed by atoms with Crippen LogP contribution in [0.2, 0.25) is 0 Å². The third kappa shape index (κ3) is 4.58. The molecule has 0 saturated carbocycles. The Morgan fingerprint density at radius 2 is 1.81 bits per heavy atom. The molecule has 1 amide bonds. The van der Waals surface area contributed by atoms with Gasteiger partial charge in [-0.1, -0.05) is 0 Å². The lowest BCUT2D eigenvalue weighted by molar-refractivity contribution is 0.0718. The van der Waals surface area contributed by atoms with Crippen molar-refractivity contribution in [1.82, 2.24) is 15.2 Å². The van der Waals surface area contributed by atoms with E-state index in [0.717, 1.165) is 37.4 Å². The highest BCUT2D eigenvalue weighted by atomic mass is 35.5. The van der Waals surface area contributed by atoms with Crippen molar-refractivity contribution in [2.24, 2.45) is 0 Å². The van der Waals surface area contributed by atoms with E-state index < -0.39 is 0 Å². The van der Waals surface area contributed by atoms with Crippen LogP contribution in [0.25, 0.3) is 0 Å². The van der Waals surface area contributed by atoms with Gasteiger partial charge in [0.05, 0.1) is 4.88 Å². The van der Waals surface area contributed by atoms with E-state index >= 15 is 0 Å². The predicted octanol–water partition coefficient (Wildman–Crippen LogP) is 4.43. The molecule has 1 N–H and O–H groups in total. The Kier molecular flexibility index (Phi) is 7.89. The summed E-state index contributed by atoms with van der Waals surface area (Å²) in [4.78, 5) is 21.1. The number of carbonyl (C=O) groups is 1. The molecule has 0 radical (unpaired) electrons. The van der Waals surface area contributed by atoms with Gasteiger partial charge in [0.1, 0.15) is 0 Å². The van der Waals surface area contributed by atoms with Gasteiger partial charge in [0.25, 0.3) is 5.91 Å². The maximum absolute atomic E-state index is 12.8. The maximum atomic E-state index is 12.8. The van der Waals surface area contributed by atoms with Gasteiger partial charge in [0.15, 0.2) is 0 Å². The summed E-state index contributed by atoms with van der Waals surface area (Å²) in [5.41, 5.74) is 1.35. The molecular formula is C19H25Cl2N3OS. The minimum Gasteiger partial charge on any atom is -0.338 e. The zero-order valence-corrected chi connectivity index (χ0v) is 17.0. The number of halogens is 2. The van der Waals surface area contributed by atoms with E-state index in [1.54, 1.807) is 11.3 Å². The van der Waals surface area contributed by atoms with Crippen molar-refractivity contribution in [3.8, 4) is 0 Å². The van der Waals surface area contributed by atoms with Crippen molar-refractivity contribution in [2.45, 2.75) is 37.6 Å². The Hall–Kier alpha value is -1.14. The largest absolute Gasteiger partial charge is 0.338 e. The number of pyridine rings is 1. The number of rotatable bonds is 3. The number of thiophene rings is 1. The number of hydrogen-bond donors (Lipinski definition) is 1. The van der Waals surface area contributed by atoms with Crippen molar-refractivity contribution in [3.05, 3.63) is 52.0 Å². The van der Waals surface area contributed by atoms with Crippen molar-refractivity contribution in [1.29, 1.82) is 0 Å². The third-order valence-electron chi connectivity index (χ3n) is 5.20. The van der Waals surface area contributed by atoms with Gasteiger partial charge in [-0.25, -0.2) is 0 Å². The van der Waals surface area contributed by atoms with E-state index in [4.69, 9.17) is 0 Å². The fourth-order valence-corrected chi connectivity index (χ4v) is 4.88. The molecule has 4 heterocycles. The molecule has 26 heavy (non-hydrogen) atoms. The summed E-state index contributed by atoms with van der Waals surface area (Å²) in [6.07, 6.45) is 8.21. The number of hydrogen-bond acceptors (Lipinski definition) is 4. The summed E-state index contributed by atoms with van der Waals surface area (Å²) in [6.45, 7) is 2.79. The van der Waals surface area contributed by atoms with Gasteiger partial charge in [-0.15, -0.1) is 36.2 Å². The number of nitrogens with zero attached hydrogens (tertiary/aromatic N) is 2. The molecule has 0 aromatic carbocycles. The fourth-order valence-electron chi connectivity index (χ4n) is 3.79. The van der Waals surface area contributed by atoms with E-state index in [-0.39, 0.29) is 30.7 Å². The van der Waals surface area contributed by atoms with Gasteiger partial charge >= 0.3 is 0 Å². The average molecular weight is 414 g/mol. The summed E-state index contributed by atoms with van der Waals surface area (Å²) < 4.78 is 0. The highest BCUT2D eigenvalue weighted by molar-refractivity contribution is 7.14. The molecule has 0 bridgehead atoms. The van der Waals surface area contributed by atoms with Crippen molar-refractivity contribution in [3.63, 3.8) is 0 Å². The van der Waals surface area contributed by atoms with Gasteiger partial charge in [-0.2, -0.15) is 0 Å². The van der Waals surface area contributed by atoms with Crippen LogP contribution in [0.5, 0.6) is 0 Å². The van der Waals surface area contributed by atoms with Crippen LogP contribution in [0.15, 0.2) is 36.7 Å². The number of piperidine rings is 1. The molecule has 2 aliphatic rings. The molecule has 142 valence electrons. The Labute approximate surface area is 171 Å². The lowest BCUT2D eigenvalue weighted by Gasteiger charge is -2.32. The number of aromatic nitrogens is 1. The number of carbonyl (C=O) groups excluding carboxylic acids is 1. The Morgan fingerprint density at radius 1 is 1.08 bits per heavy atom. The predicted molar refractivity (Wildman–Crippen MR) is 111 cm³/mol. The summed E-state index contributed by atoms with van der Waals surface area (Å²) >= 11 is 1.67. The number of likely N-dealkylation sites (tertiary alicyclic amines) is 1. The molecule has 2 saturated heterocycles. The van der Waals surface area contributed by atoms with E-state index in [9.17, 15) is 4.79 Å². The molecule has 1 atom stereocenters. The smallest absolute Gasteiger partial charge is 0.263 e. The second-order valence-corrected chi connectivity index (χ2v) is 7.81. The van der Waals surface area contributed by atoms with Crippen LogP contribution in [-0.2, 0) is 0 Å². The lowest BCUT2D eigenvalue weighted by atomic mass is 9.90. The van der Waals surface area contributed by atoms with Gasteiger partial charge in [0, 0.05) is 36.4 Å². The van der Waals surface area contributed by atoms with Gasteiger partial charge in [-0.3, -0.25) is 9.78 Å². The molecule has 1 unspecified atom stereocenters. The van der Waals surface area contributed by atoms with E-state index in [1.165, 1.54) is 23.3 Å². The monoisotopic (exact) mass is 413 g/mol. The van der Waals surface area contributed by atoms with Crippen LogP contribution in [0.1, 0.15) is 57.8 Å². The van der Waals surface area contributed by atoms with Gasteiger partial charge in [-0.05, 0) is 68.0 Å². The first kappa shape index (κ1) is 21.2. The Balaban J connectivity index is 0.00000121. The number of nitrogens with one attached hydrogen (secondary N) is 1. The highest BCUT2D eigenvalue weighted by Crippen LogP contribution is 2.32. The second kappa shape index (κ2) is 9.70. The molecule has 2 aromatic heterocycles. The van der Waals surface area contributed by atoms with E-state index in [0.29, 0.717) is 12.0 Å². The molecule has 2 fully saturated rings. The van der Waals surface area contributed by atoms with Crippen LogP contribution in [0, 0.1) is 0 Å². The van der Waals surface area contributed by atoms with Gasteiger partial charge < -0.3 is 10.2 Å². The highest BCUT2D eigenvalue weighted by Gasteiger charge is 2.26. The first-order valence-electron chi connectivity index (χ1n) is 8.83. The maximum Gasteiger partial charge on any atom is 0.263 e. The topological polar surface area (TPSA) is 45.2 Å². The Morgan fingerprint density at radius 3 is 2.46 bits per heavy atom. The van der Waals surface area contributed by atoms with Crippen molar-refractivity contribution in [2.75, 3.05) is 19.6 Å². The minimum absolute atomic E-state index is 0. The van der Waals surface area contributed by atoms with E-state index in [2.05, 4.69) is 28.5 Å². The zero-order valence-electron chi connectivity index (χ0n) is 14.6. The molecule has 7 heteroatoms. The van der Waals surface area contributed by atoms with Gasteiger partial charge in [0.2, 0.25) is 0 Å². The first-order valence-corrected chi connectivity index (χ1v) is 9.65. The van der Waals surface area contributed by atoms with Crippen molar-refractivity contribution < 1.29 is 4.79 Å². The zero-order chi connectivity index (χ0) is 16.4. The molecule has 4 nitrogen and oxygen atoms in total. The third-order valence-corrected chi connectivity index (χ3v) is 6.39. The van der Waals surface area contributed by atoms with Crippen LogP contribution in [-0.4, -0.2) is 35.4 Å². The minimum atomic E-state index is 0. The molecule has 4 rings (SSSR count). The lowest BCUT2D eigenvalue weighted by Crippen LogP contribution is -2.37. The molecule has 0 aliphatic carbocycles. The molecule has 0 spiro atoms. The van der Waals surface area contributed by atoms with E-state index in [1.807, 2.05) is 23.4 Å². The number of amides is 1. The second-order valence-electron chi connectivity index (χ2n) is 6.70. The normalized spacial score (nSPS) is 20.3.